The average Bonchev–Trinajstić information content (AvgIpc) is 2.47. The Morgan fingerprint density at radius 2 is 1.75 bits per heavy atom. The third-order valence-corrected chi connectivity index (χ3v) is 3.44. The minimum absolute atomic E-state index is 0.261. The molecule has 0 aromatic heterocycles. The lowest BCUT2D eigenvalue weighted by Gasteiger charge is -2.32. The summed E-state index contributed by atoms with van der Waals surface area (Å²) in [5.41, 5.74) is 5.45. The number of halogens is 1. The van der Waals surface area contributed by atoms with Gasteiger partial charge in [0.1, 0.15) is 11.4 Å². The summed E-state index contributed by atoms with van der Waals surface area (Å²) in [4.78, 5) is 12.0. The van der Waals surface area contributed by atoms with Crippen molar-refractivity contribution < 1.29 is 9.18 Å². The Hall–Kier alpha value is -2.36. The maximum absolute atomic E-state index is 13.8. The molecule has 2 aromatic rings. The van der Waals surface area contributed by atoms with E-state index in [1.165, 1.54) is 6.07 Å². The van der Waals surface area contributed by atoms with Crippen LogP contribution >= 0.6 is 0 Å². The fraction of sp³-hybridized carbons (Fsp3) is 0.188. The molecule has 0 aliphatic heterocycles. The first kappa shape index (κ1) is 14.1. The molecule has 0 bridgehead atoms. The van der Waals surface area contributed by atoms with E-state index in [-0.39, 0.29) is 5.69 Å². The minimum Gasteiger partial charge on any atom is -0.367 e. The van der Waals surface area contributed by atoms with E-state index in [0.29, 0.717) is 6.42 Å². The molecule has 0 spiro atoms. The minimum atomic E-state index is -1.12. The van der Waals surface area contributed by atoms with Gasteiger partial charge in [-0.15, -0.1) is 0 Å². The second kappa shape index (κ2) is 5.74. The van der Waals surface area contributed by atoms with E-state index >= 15 is 0 Å². The monoisotopic (exact) mass is 272 g/mol. The molecule has 1 atom stereocenters. The second-order valence-electron chi connectivity index (χ2n) is 4.59. The van der Waals surface area contributed by atoms with Crippen molar-refractivity contribution in [3.05, 3.63) is 66.0 Å². The molecule has 0 radical (unpaired) electrons. The largest absolute Gasteiger partial charge is 0.367 e. The van der Waals surface area contributed by atoms with Gasteiger partial charge in [0, 0.05) is 0 Å². The van der Waals surface area contributed by atoms with Crippen molar-refractivity contribution in [2.75, 3.05) is 5.32 Å². The normalized spacial score (nSPS) is 13.5. The molecule has 0 aliphatic carbocycles. The van der Waals surface area contributed by atoms with Crippen molar-refractivity contribution in [3.63, 3.8) is 0 Å². The highest BCUT2D eigenvalue weighted by Gasteiger charge is 2.37. The Bertz CT molecular complexity index is 600. The standard InChI is InChI=1S/C16H17FN2O/c1-2-16(15(18)20,12-8-4-3-5-9-12)19-14-11-7-6-10-13(14)17/h3-11,19H,2H2,1H3,(H2,18,20). The SMILES string of the molecule is CCC(Nc1ccccc1F)(C(N)=O)c1ccccc1. The molecular formula is C16H17FN2O. The Labute approximate surface area is 117 Å². The van der Waals surface area contributed by atoms with E-state index in [0.717, 1.165) is 5.56 Å². The molecule has 2 aromatic carbocycles. The van der Waals surface area contributed by atoms with Gasteiger partial charge < -0.3 is 11.1 Å². The first-order valence-electron chi connectivity index (χ1n) is 6.48. The molecule has 4 heteroatoms. The van der Waals surface area contributed by atoms with Crippen molar-refractivity contribution in [1.29, 1.82) is 0 Å². The van der Waals surface area contributed by atoms with E-state index in [4.69, 9.17) is 5.73 Å². The molecule has 3 nitrogen and oxygen atoms in total. The van der Waals surface area contributed by atoms with Crippen LogP contribution in [0.25, 0.3) is 0 Å². The van der Waals surface area contributed by atoms with Crippen LogP contribution in [0.15, 0.2) is 54.6 Å². The number of amides is 1. The van der Waals surface area contributed by atoms with Crippen LogP contribution in [0.5, 0.6) is 0 Å². The van der Waals surface area contributed by atoms with Gasteiger partial charge in [0.05, 0.1) is 5.69 Å². The number of benzene rings is 2. The number of hydrogen-bond acceptors (Lipinski definition) is 2. The second-order valence-corrected chi connectivity index (χ2v) is 4.59. The summed E-state index contributed by atoms with van der Waals surface area (Å²) in [5, 5.41) is 2.98. The Morgan fingerprint density at radius 3 is 2.30 bits per heavy atom. The van der Waals surface area contributed by atoms with Crippen molar-refractivity contribution >= 4 is 11.6 Å². The number of primary amides is 1. The van der Waals surface area contributed by atoms with E-state index in [1.54, 1.807) is 18.2 Å². The number of nitrogens with one attached hydrogen (secondary N) is 1. The number of carbonyl (C=O) groups is 1. The van der Waals surface area contributed by atoms with E-state index < -0.39 is 17.3 Å². The van der Waals surface area contributed by atoms with Gasteiger partial charge >= 0.3 is 0 Å². The summed E-state index contributed by atoms with van der Waals surface area (Å²) in [6.45, 7) is 1.84. The van der Waals surface area contributed by atoms with E-state index in [1.807, 2.05) is 37.3 Å². The molecule has 1 unspecified atom stereocenters. The topological polar surface area (TPSA) is 55.1 Å². The molecule has 2 rings (SSSR count). The summed E-state index contributed by atoms with van der Waals surface area (Å²) >= 11 is 0. The zero-order chi connectivity index (χ0) is 14.6. The van der Waals surface area contributed by atoms with Crippen LogP contribution in [0, 0.1) is 5.82 Å². The molecule has 0 aliphatic rings. The molecular weight excluding hydrogens is 255 g/mol. The van der Waals surface area contributed by atoms with Gasteiger partial charge in [-0.3, -0.25) is 4.79 Å². The van der Waals surface area contributed by atoms with Crippen LogP contribution in [-0.2, 0) is 10.3 Å². The number of carbonyl (C=O) groups excluding carboxylic acids is 1. The summed E-state index contributed by atoms with van der Waals surface area (Å²) in [6.07, 6.45) is 0.417. The number of rotatable bonds is 5. The molecule has 0 fully saturated rings. The zero-order valence-electron chi connectivity index (χ0n) is 11.3. The summed E-state index contributed by atoms with van der Waals surface area (Å²) in [7, 11) is 0. The van der Waals surface area contributed by atoms with Crippen LogP contribution in [0.2, 0.25) is 0 Å². The first-order valence-corrected chi connectivity index (χ1v) is 6.48. The van der Waals surface area contributed by atoms with Crippen LogP contribution in [0.3, 0.4) is 0 Å². The van der Waals surface area contributed by atoms with E-state index in [2.05, 4.69) is 5.32 Å². The Morgan fingerprint density at radius 1 is 1.15 bits per heavy atom. The highest BCUT2D eigenvalue weighted by molar-refractivity contribution is 5.89. The van der Waals surface area contributed by atoms with Crippen LogP contribution < -0.4 is 11.1 Å². The fourth-order valence-electron chi connectivity index (χ4n) is 2.26. The lowest BCUT2D eigenvalue weighted by molar-refractivity contribution is -0.122. The summed E-state index contributed by atoms with van der Waals surface area (Å²) in [6, 6.07) is 15.4. The summed E-state index contributed by atoms with van der Waals surface area (Å²) in [5.74, 6) is -0.947. The Balaban J connectivity index is 2.49. The highest BCUT2D eigenvalue weighted by Crippen LogP contribution is 2.30. The molecule has 0 saturated carbocycles. The number of nitrogens with two attached hydrogens (primary N) is 1. The van der Waals surface area contributed by atoms with Gasteiger partial charge in [-0.2, -0.15) is 0 Å². The van der Waals surface area contributed by atoms with E-state index in [9.17, 15) is 9.18 Å². The molecule has 3 N–H and O–H groups in total. The van der Waals surface area contributed by atoms with Crippen LogP contribution in [0.4, 0.5) is 10.1 Å². The van der Waals surface area contributed by atoms with Crippen molar-refractivity contribution in [2.24, 2.45) is 5.73 Å². The van der Waals surface area contributed by atoms with Gasteiger partial charge in [0.2, 0.25) is 5.91 Å². The predicted molar refractivity (Wildman–Crippen MR) is 77.6 cm³/mol. The average molecular weight is 272 g/mol. The lowest BCUT2D eigenvalue weighted by Crippen LogP contribution is -2.47. The zero-order valence-corrected chi connectivity index (χ0v) is 11.3. The number of hydrogen-bond donors (Lipinski definition) is 2. The molecule has 0 saturated heterocycles. The third kappa shape index (κ3) is 2.50. The quantitative estimate of drug-likeness (QED) is 0.879. The Kier molecular flexibility index (Phi) is 4.03. The van der Waals surface area contributed by atoms with Gasteiger partial charge in [-0.1, -0.05) is 49.4 Å². The van der Waals surface area contributed by atoms with Crippen molar-refractivity contribution in [2.45, 2.75) is 18.9 Å². The van der Waals surface area contributed by atoms with Crippen LogP contribution in [0.1, 0.15) is 18.9 Å². The molecule has 0 heterocycles. The molecule has 20 heavy (non-hydrogen) atoms. The number of anilines is 1. The van der Waals surface area contributed by atoms with Gasteiger partial charge in [-0.05, 0) is 24.1 Å². The predicted octanol–water partition coefficient (Wildman–Crippen LogP) is 3.03. The smallest absolute Gasteiger partial charge is 0.247 e. The maximum atomic E-state index is 13.8. The molecule has 1 amide bonds. The first-order chi connectivity index (χ1) is 9.60. The highest BCUT2D eigenvalue weighted by atomic mass is 19.1. The maximum Gasteiger partial charge on any atom is 0.247 e. The van der Waals surface area contributed by atoms with Gasteiger partial charge in [0.15, 0.2) is 0 Å². The van der Waals surface area contributed by atoms with Gasteiger partial charge in [0.25, 0.3) is 0 Å². The number of para-hydroxylation sites is 1. The molecule has 104 valence electrons. The summed E-state index contributed by atoms with van der Waals surface area (Å²) < 4.78 is 13.8. The third-order valence-electron chi connectivity index (χ3n) is 3.44. The lowest BCUT2D eigenvalue weighted by atomic mass is 9.86. The fourth-order valence-corrected chi connectivity index (χ4v) is 2.26. The van der Waals surface area contributed by atoms with Crippen LogP contribution in [-0.4, -0.2) is 5.91 Å². The van der Waals surface area contributed by atoms with Crippen molar-refractivity contribution in [3.8, 4) is 0 Å². The van der Waals surface area contributed by atoms with Crippen molar-refractivity contribution in [1.82, 2.24) is 0 Å². The van der Waals surface area contributed by atoms with Gasteiger partial charge in [-0.25, -0.2) is 4.39 Å².